The maximum Gasteiger partial charge on any atom is 0.0895 e. The van der Waals surface area contributed by atoms with Crippen LogP contribution < -0.4 is 5.73 Å². The molecule has 0 aliphatic heterocycles. The van der Waals surface area contributed by atoms with Crippen molar-refractivity contribution < 1.29 is 4.74 Å². The van der Waals surface area contributed by atoms with Crippen LogP contribution in [0.1, 0.15) is 56.9 Å². The summed E-state index contributed by atoms with van der Waals surface area (Å²) in [5, 5.41) is 0. The number of pyridine rings is 1. The maximum atomic E-state index is 6.13. The first kappa shape index (κ1) is 15.3. The summed E-state index contributed by atoms with van der Waals surface area (Å²) in [5.74, 6) is 0.737. The molecular weight excluding hydrogens is 248 g/mol. The molecule has 3 heteroatoms. The molecule has 1 fully saturated rings. The fourth-order valence-electron chi connectivity index (χ4n) is 3.52. The molecule has 1 aromatic heterocycles. The molecule has 20 heavy (non-hydrogen) atoms. The van der Waals surface area contributed by atoms with Gasteiger partial charge in [-0.3, -0.25) is 4.98 Å². The van der Waals surface area contributed by atoms with E-state index in [2.05, 4.69) is 25.8 Å². The fraction of sp³-hybridized carbons (Fsp3) is 0.706. The Kier molecular flexibility index (Phi) is 4.38. The van der Waals surface area contributed by atoms with Crippen molar-refractivity contribution in [3.05, 3.63) is 23.0 Å². The number of aromatic nitrogens is 1. The molecule has 2 rings (SSSR count). The summed E-state index contributed by atoms with van der Waals surface area (Å²) >= 11 is 0. The van der Waals surface area contributed by atoms with Crippen LogP contribution in [0, 0.1) is 25.2 Å². The zero-order valence-corrected chi connectivity index (χ0v) is 13.5. The zero-order chi connectivity index (χ0) is 14.9. The van der Waals surface area contributed by atoms with Crippen LogP contribution in [-0.4, -0.2) is 11.1 Å². The van der Waals surface area contributed by atoms with Gasteiger partial charge in [-0.2, -0.15) is 0 Å². The standard InChI is InChI=1S/C17H28N2O/c1-11-6-14(8-17(4,5)7-11)20-10-15-13(3)16(18)12(2)9-19-15/h9,11,14H,6-8,10H2,1-5H3,(H2,18,19). The van der Waals surface area contributed by atoms with E-state index in [9.17, 15) is 0 Å². The molecule has 0 bridgehead atoms. The number of hydrogen-bond donors (Lipinski definition) is 1. The van der Waals surface area contributed by atoms with Crippen molar-refractivity contribution in [1.29, 1.82) is 0 Å². The maximum absolute atomic E-state index is 6.13. The molecule has 2 atom stereocenters. The Morgan fingerprint density at radius 2 is 2.05 bits per heavy atom. The van der Waals surface area contributed by atoms with Crippen LogP contribution >= 0.6 is 0 Å². The Morgan fingerprint density at radius 1 is 1.35 bits per heavy atom. The van der Waals surface area contributed by atoms with Crippen LogP contribution in [0.4, 0.5) is 5.69 Å². The lowest BCUT2D eigenvalue weighted by Gasteiger charge is -2.38. The van der Waals surface area contributed by atoms with Gasteiger partial charge in [-0.25, -0.2) is 0 Å². The van der Waals surface area contributed by atoms with Crippen LogP contribution in [-0.2, 0) is 11.3 Å². The molecule has 1 aliphatic rings. The Bertz CT molecular complexity index is 482. The Morgan fingerprint density at radius 3 is 2.70 bits per heavy atom. The summed E-state index contributed by atoms with van der Waals surface area (Å²) in [5.41, 5.74) is 10.4. The Hall–Kier alpha value is -1.09. The number of ether oxygens (including phenoxy) is 1. The van der Waals surface area contributed by atoms with Gasteiger partial charge in [0.25, 0.3) is 0 Å². The normalized spacial score (nSPS) is 25.6. The third-order valence-electron chi connectivity index (χ3n) is 4.48. The van der Waals surface area contributed by atoms with E-state index in [0.717, 1.165) is 41.3 Å². The van der Waals surface area contributed by atoms with Gasteiger partial charge in [0, 0.05) is 11.9 Å². The van der Waals surface area contributed by atoms with Gasteiger partial charge in [-0.1, -0.05) is 20.8 Å². The quantitative estimate of drug-likeness (QED) is 0.907. The first-order chi connectivity index (χ1) is 9.28. The van der Waals surface area contributed by atoms with E-state index in [1.807, 2.05) is 20.0 Å². The molecule has 1 saturated carbocycles. The number of aryl methyl sites for hydroxylation is 1. The highest BCUT2D eigenvalue weighted by atomic mass is 16.5. The third-order valence-corrected chi connectivity index (χ3v) is 4.48. The highest BCUT2D eigenvalue weighted by molar-refractivity contribution is 5.53. The largest absolute Gasteiger partial charge is 0.398 e. The number of anilines is 1. The topological polar surface area (TPSA) is 48.1 Å². The van der Waals surface area contributed by atoms with Crippen LogP contribution in [0.25, 0.3) is 0 Å². The molecular formula is C17H28N2O. The van der Waals surface area contributed by atoms with E-state index in [1.165, 1.54) is 6.42 Å². The van der Waals surface area contributed by atoms with Crippen molar-refractivity contribution in [3.8, 4) is 0 Å². The smallest absolute Gasteiger partial charge is 0.0895 e. The molecule has 0 radical (unpaired) electrons. The summed E-state index contributed by atoms with van der Waals surface area (Å²) < 4.78 is 6.13. The predicted octanol–water partition coefficient (Wildman–Crippen LogP) is 4.01. The van der Waals surface area contributed by atoms with E-state index in [4.69, 9.17) is 10.5 Å². The lowest BCUT2D eigenvalue weighted by atomic mass is 9.71. The Balaban J connectivity index is 2.00. The first-order valence-corrected chi connectivity index (χ1v) is 7.60. The lowest BCUT2D eigenvalue weighted by Crippen LogP contribution is -2.32. The molecule has 1 heterocycles. The van der Waals surface area contributed by atoms with E-state index >= 15 is 0 Å². The van der Waals surface area contributed by atoms with Gasteiger partial charge < -0.3 is 10.5 Å². The van der Waals surface area contributed by atoms with Gasteiger partial charge in [-0.05, 0) is 55.6 Å². The molecule has 112 valence electrons. The fourth-order valence-corrected chi connectivity index (χ4v) is 3.52. The molecule has 1 aliphatic carbocycles. The van der Waals surface area contributed by atoms with Gasteiger partial charge in [0.15, 0.2) is 0 Å². The van der Waals surface area contributed by atoms with Crippen molar-refractivity contribution in [2.45, 2.75) is 66.6 Å². The van der Waals surface area contributed by atoms with Crippen molar-refractivity contribution in [1.82, 2.24) is 4.98 Å². The van der Waals surface area contributed by atoms with Gasteiger partial charge in [0.05, 0.1) is 18.4 Å². The van der Waals surface area contributed by atoms with E-state index in [1.54, 1.807) is 0 Å². The zero-order valence-electron chi connectivity index (χ0n) is 13.5. The average Bonchev–Trinajstić information content (AvgIpc) is 2.33. The van der Waals surface area contributed by atoms with Crippen molar-refractivity contribution in [2.75, 3.05) is 5.73 Å². The SMILES string of the molecule is Cc1cnc(COC2CC(C)CC(C)(C)C2)c(C)c1N. The van der Waals surface area contributed by atoms with Crippen LogP contribution in [0.5, 0.6) is 0 Å². The monoisotopic (exact) mass is 276 g/mol. The second-order valence-electron chi connectivity index (χ2n) is 7.27. The minimum absolute atomic E-state index is 0.345. The van der Waals surface area contributed by atoms with Crippen molar-refractivity contribution in [3.63, 3.8) is 0 Å². The van der Waals surface area contributed by atoms with E-state index in [0.29, 0.717) is 18.1 Å². The number of nitrogens with two attached hydrogens (primary N) is 1. The number of nitrogens with zero attached hydrogens (tertiary/aromatic N) is 1. The minimum Gasteiger partial charge on any atom is -0.398 e. The molecule has 2 unspecified atom stereocenters. The summed E-state index contributed by atoms with van der Waals surface area (Å²) in [4.78, 5) is 4.47. The van der Waals surface area contributed by atoms with Crippen LogP contribution in [0.2, 0.25) is 0 Å². The molecule has 0 amide bonds. The Labute approximate surface area is 122 Å². The highest BCUT2D eigenvalue weighted by Gasteiger charge is 2.32. The summed E-state index contributed by atoms with van der Waals surface area (Å²) in [6, 6.07) is 0. The second-order valence-corrected chi connectivity index (χ2v) is 7.27. The minimum atomic E-state index is 0.345. The van der Waals surface area contributed by atoms with Gasteiger partial charge >= 0.3 is 0 Å². The average molecular weight is 276 g/mol. The predicted molar refractivity (Wildman–Crippen MR) is 83.5 cm³/mol. The van der Waals surface area contributed by atoms with E-state index < -0.39 is 0 Å². The number of hydrogen-bond acceptors (Lipinski definition) is 3. The van der Waals surface area contributed by atoms with Crippen LogP contribution in [0.15, 0.2) is 6.20 Å². The molecule has 1 aromatic rings. The third kappa shape index (κ3) is 3.51. The summed E-state index contributed by atoms with van der Waals surface area (Å²) in [7, 11) is 0. The number of rotatable bonds is 3. The molecule has 2 N–H and O–H groups in total. The highest BCUT2D eigenvalue weighted by Crippen LogP contribution is 2.39. The van der Waals surface area contributed by atoms with Gasteiger partial charge in [-0.15, -0.1) is 0 Å². The first-order valence-electron chi connectivity index (χ1n) is 7.60. The lowest BCUT2D eigenvalue weighted by molar-refractivity contribution is -0.0328. The molecule has 0 spiro atoms. The second kappa shape index (κ2) is 5.72. The summed E-state index contributed by atoms with van der Waals surface area (Å²) in [6.07, 6.45) is 5.77. The van der Waals surface area contributed by atoms with E-state index in [-0.39, 0.29) is 0 Å². The number of nitrogen functional groups attached to an aromatic ring is 1. The van der Waals surface area contributed by atoms with Gasteiger partial charge in [0.1, 0.15) is 0 Å². The van der Waals surface area contributed by atoms with Gasteiger partial charge in [0.2, 0.25) is 0 Å². The van der Waals surface area contributed by atoms with Crippen LogP contribution in [0.3, 0.4) is 0 Å². The van der Waals surface area contributed by atoms with Crippen molar-refractivity contribution >= 4 is 5.69 Å². The van der Waals surface area contributed by atoms with Crippen molar-refractivity contribution in [2.24, 2.45) is 11.3 Å². The summed E-state index contributed by atoms with van der Waals surface area (Å²) in [6.45, 7) is 11.6. The molecule has 3 nitrogen and oxygen atoms in total. The molecule has 0 saturated heterocycles. The molecule has 0 aromatic carbocycles.